The fourth-order valence-corrected chi connectivity index (χ4v) is 1.98. The van der Waals surface area contributed by atoms with Gasteiger partial charge in [-0.3, -0.25) is 4.79 Å². The molecule has 0 aliphatic heterocycles. The van der Waals surface area contributed by atoms with Crippen LogP contribution < -0.4 is 4.74 Å². The van der Waals surface area contributed by atoms with Crippen LogP contribution in [0.3, 0.4) is 0 Å². The molecule has 0 atom stereocenters. The molecule has 2 aromatic carbocycles. The molecule has 0 N–H and O–H groups in total. The SMILES string of the molecule is CN(Cc1ccc(F)cc1F)C(=O)c1ccc(OC(F)F)cc1. The quantitative estimate of drug-likeness (QED) is 0.781. The third-order valence-corrected chi connectivity index (χ3v) is 3.10. The Morgan fingerprint density at radius 2 is 1.78 bits per heavy atom. The predicted octanol–water partition coefficient (Wildman–Crippen LogP) is 3.84. The minimum atomic E-state index is -2.94. The van der Waals surface area contributed by atoms with E-state index in [1.165, 1.54) is 42.3 Å². The van der Waals surface area contributed by atoms with E-state index in [0.717, 1.165) is 12.1 Å². The van der Waals surface area contributed by atoms with E-state index in [1.54, 1.807) is 0 Å². The molecule has 1 amide bonds. The number of halogens is 4. The minimum Gasteiger partial charge on any atom is -0.435 e. The summed E-state index contributed by atoms with van der Waals surface area (Å²) in [6, 6.07) is 8.25. The number of rotatable bonds is 5. The Balaban J connectivity index is 2.07. The highest BCUT2D eigenvalue weighted by Crippen LogP contribution is 2.17. The van der Waals surface area contributed by atoms with Gasteiger partial charge in [-0.05, 0) is 30.3 Å². The topological polar surface area (TPSA) is 29.5 Å². The standard InChI is InChI=1S/C16H13F4NO2/c1-21(9-11-2-5-12(17)8-14(11)18)15(22)10-3-6-13(7-4-10)23-16(19)20/h2-8,16H,9H2,1H3. The summed E-state index contributed by atoms with van der Waals surface area (Å²) >= 11 is 0. The summed E-state index contributed by atoms with van der Waals surface area (Å²) < 4.78 is 54.7. The van der Waals surface area contributed by atoms with Crippen LogP contribution in [0.2, 0.25) is 0 Å². The van der Waals surface area contributed by atoms with Crippen molar-refractivity contribution in [3.05, 3.63) is 65.2 Å². The lowest BCUT2D eigenvalue weighted by molar-refractivity contribution is -0.0498. The Hall–Kier alpha value is -2.57. The molecular weight excluding hydrogens is 314 g/mol. The fourth-order valence-electron chi connectivity index (χ4n) is 1.98. The highest BCUT2D eigenvalue weighted by atomic mass is 19.3. The van der Waals surface area contributed by atoms with Gasteiger partial charge in [-0.2, -0.15) is 8.78 Å². The summed E-state index contributed by atoms with van der Waals surface area (Å²) in [6.45, 7) is -3.00. The van der Waals surface area contributed by atoms with E-state index in [0.29, 0.717) is 0 Å². The van der Waals surface area contributed by atoms with E-state index in [9.17, 15) is 22.4 Å². The minimum absolute atomic E-state index is 0.0553. The van der Waals surface area contributed by atoms with Crippen LogP contribution in [0.4, 0.5) is 17.6 Å². The Morgan fingerprint density at radius 3 is 2.35 bits per heavy atom. The third-order valence-electron chi connectivity index (χ3n) is 3.10. The van der Waals surface area contributed by atoms with Crippen LogP contribution in [-0.2, 0) is 6.54 Å². The molecule has 0 aliphatic carbocycles. The molecule has 0 unspecified atom stereocenters. The molecule has 0 heterocycles. The number of benzene rings is 2. The van der Waals surface area contributed by atoms with Gasteiger partial charge in [0.1, 0.15) is 17.4 Å². The molecular formula is C16H13F4NO2. The van der Waals surface area contributed by atoms with Crippen molar-refractivity contribution in [2.75, 3.05) is 7.05 Å². The van der Waals surface area contributed by atoms with Gasteiger partial charge in [0.2, 0.25) is 0 Å². The van der Waals surface area contributed by atoms with Crippen LogP contribution in [0, 0.1) is 11.6 Å². The van der Waals surface area contributed by atoms with Gasteiger partial charge in [-0.25, -0.2) is 8.78 Å². The Kier molecular flexibility index (Phi) is 5.20. The molecule has 2 aromatic rings. The number of alkyl halides is 2. The van der Waals surface area contributed by atoms with E-state index in [4.69, 9.17) is 0 Å². The normalized spacial score (nSPS) is 10.7. The second kappa shape index (κ2) is 7.13. The average molecular weight is 327 g/mol. The number of hydrogen-bond donors (Lipinski definition) is 0. The summed E-state index contributed by atoms with van der Waals surface area (Å²) in [5.74, 6) is -1.94. The second-order valence-corrected chi connectivity index (χ2v) is 4.80. The van der Waals surface area contributed by atoms with E-state index in [2.05, 4.69) is 4.74 Å². The number of hydrogen-bond acceptors (Lipinski definition) is 2. The van der Waals surface area contributed by atoms with E-state index >= 15 is 0 Å². The monoisotopic (exact) mass is 327 g/mol. The molecule has 0 spiro atoms. The maximum atomic E-state index is 13.6. The predicted molar refractivity (Wildman–Crippen MR) is 75.2 cm³/mol. The summed E-state index contributed by atoms with van der Waals surface area (Å²) in [7, 11) is 1.45. The third kappa shape index (κ3) is 4.45. The molecule has 0 saturated heterocycles. The van der Waals surface area contributed by atoms with Crippen molar-refractivity contribution in [2.24, 2.45) is 0 Å². The van der Waals surface area contributed by atoms with Crippen LogP contribution in [0.5, 0.6) is 5.75 Å². The van der Waals surface area contributed by atoms with Crippen LogP contribution >= 0.6 is 0 Å². The number of amides is 1. The first-order chi connectivity index (χ1) is 10.9. The highest BCUT2D eigenvalue weighted by Gasteiger charge is 2.15. The lowest BCUT2D eigenvalue weighted by Crippen LogP contribution is -2.26. The van der Waals surface area contributed by atoms with Crippen molar-refractivity contribution in [3.8, 4) is 5.75 Å². The Morgan fingerprint density at radius 1 is 1.13 bits per heavy atom. The molecule has 3 nitrogen and oxygen atoms in total. The zero-order chi connectivity index (χ0) is 17.0. The molecule has 7 heteroatoms. The molecule has 0 aromatic heterocycles. The maximum Gasteiger partial charge on any atom is 0.387 e. The van der Waals surface area contributed by atoms with Crippen LogP contribution in [0.1, 0.15) is 15.9 Å². The van der Waals surface area contributed by atoms with E-state index in [1.807, 2.05) is 0 Å². The largest absolute Gasteiger partial charge is 0.435 e. The van der Waals surface area contributed by atoms with E-state index in [-0.39, 0.29) is 23.4 Å². The first kappa shape index (κ1) is 16.8. The number of carbonyl (C=O) groups excluding carboxylic acids is 1. The number of ether oxygens (including phenoxy) is 1. The van der Waals surface area contributed by atoms with Crippen molar-refractivity contribution < 1.29 is 27.1 Å². The molecule has 122 valence electrons. The van der Waals surface area contributed by atoms with Gasteiger partial charge in [0.05, 0.1) is 0 Å². The van der Waals surface area contributed by atoms with Crippen LogP contribution in [0.15, 0.2) is 42.5 Å². The maximum absolute atomic E-state index is 13.6. The van der Waals surface area contributed by atoms with Gasteiger partial charge in [0.15, 0.2) is 0 Å². The molecule has 0 radical (unpaired) electrons. The Labute approximate surface area is 130 Å². The zero-order valence-corrected chi connectivity index (χ0v) is 12.1. The van der Waals surface area contributed by atoms with Gasteiger partial charge in [0.25, 0.3) is 5.91 Å². The van der Waals surface area contributed by atoms with Gasteiger partial charge < -0.3 is 9.64 Å². The zero-order valence-electron chi connectivity index (χ0n) is 12.1. The van der Waals surface area contributed by atoms with Crippen molar-refractivity contribution in [1.82, 2.24) is 4.90 Å². The first-order valence-corrected chi connectivity index (χ1v) is 6.61. The van der Waals surface area contributed by atoms with Crippen LogP contribution in [-0.4, -0.2) is 24.5 Å². The van der Waals surface area contributed by atoms with Gasteiger partial charge >= 0.3 is 6.61 Å². The summed E-state index contributed by atoms with van der Waals surface area (Å²) in [5, 5.41) is 0. The molecule has 23 heavy (non-hydrogen) atoms. The first-order valence-electron chi connectivity index (χ1n) is 6.61. The fraction of sp³-hybridized carbons (Fsp3) is 0.188. The summed E-state index contributed by atoms with van der Waals surface area (Å²) in [5.41, 5.74) is 0.400. The van der Waals surface area contributed by atoms with Crippen molar-refractivity contribution >= 4 is 5.91 Å². The lowest BCUT2D eigenvalue weighted by Gasteiger charge is -2.18. The molecule has 0 saturated carbocycles. The lowest BCUT2D eigenvalue weighted by atomic mass is 10.1. The number of nitrogens with zero attached hydrogens (tertiary/aromatic N) is 1. The molecule has 0 bridgehead atoms. The van der Waals surface area contributed by atoms with Gasteiger partial charge in [-0.15, -0.1) is 0 Å². The summed E-state index contributed by atoms with van der Waals surface area (Å²) in [4.78, 5) is 13.4. The van der Waals surface area contributed by atoms with Crippen LogP contribution in [0.25, 0.3) is 0 Å². The van der Waals surface area contributed by atoms with Crippen molar-refractivity contribution in [3.63, 3.8) is 0 Å². The smallest absolute Gasteiger partial charge is 0.387 e. The van der Waals surface area contributed by atoms with Crippen molar-refractivity contribution in [1.29, 1.82) is 0 Å². The molecule has 0 fully saturated rings. The molecule has 2 rings (SSSR count). The number of carbonyl (C=O) groups is 1. The van der Waals surface area contributed by atoms with Gasteiger partial charge in [0, 0.05) is 30.8 Å². The highest BCUT2D eigenvalue weighted by molar-refractivity contribution is 5.94. The summed E-state index contributed by atoms with van der Waals surface area (Å²) in [6.07, 6.45) is 0. The van der Waals surface area contributed by atoms with Crippen molar-refractivity contribution in [2.45, 2.75) is 13.2 Å². The van der Waals surface area contributed by atoms with Gasteiger partial charge in [-0.1, -0.05) is 6.07 Å². The average Bonchev–Trinajstić information content (AvgIpc) is 2.49. The van der Waals surface area contributed by atoms with E-state index < -0.39 is 24.2 Å². The molecule has 0 aliphatic rings. The Bertz CT molecular complexity index is 689. The second-order valence-electron chi connectivity index (χ2n) is 4.80.